The third-order valence-electron chi connectivity index (χ3n) is 3.63. The van der Waals surface area contributed by atoms with Crippen LogP contribution in [0.15, 0.2) is 18.2 Å². The number of benzene rings is 1. The molecule has 0 aliphatic carbocycles. The molecule has 2 rings (SSSR count). The Morgan fingerprint density at radius 2 is 1.74 bits per heavy atom. The zero-order valence-electron chi connectivity index (χ0n) is 11.3. The predicted molar refractivity (Wildman–Crippen MR) is 74.1 cm³/mol. The summed E-state index contributed by atoms with van der Waals surface area (Å²) in [6, 6.07) is 5.02. The van der Waals surface area contributed by atoms with Gasteiger partial charge in [-0.2, -0.15) is 0 Å². The first-order chi connectivity index (χ1) is 9.09. The number of hydrogen-bond acceptors (Lipinski definition) is 2. The lowest BCUT2D eigenvalue weighted by atomic mass is 10.0. The molecule has 1 aliphatic rings. The highest BCUT2D eigenvalue weighted by molar-refractivity contribution is 5.98. The van der Waals surface area contributed by atoms with Crippen LogP contribution in [0.5, 0.6) is 0 Å². The van der Waals surface area contributed by atoms with E-state index >= 15 is 0 Å². The number of hydrogen-bond donors (Lipinski definition) is 1. The molecule has 1 aromatic carbocycles. The van der Waals surface area contributed by atoms with Gasteiger partial charge in [0.25, 0.3) is 5.91 Å². The number of amides is 2. The molecule has 2 N–H and O–H groups in total. The van der Waals surface area contributed by atoms with Gasteiger partial charge in [0.2, 0.25) is 5.91 Å². The lowest BCUT2D eigenvalue weighted by Gasteiger charge is -2.21. The summed E-state index contributed by atoms with van der Waals surface area (Å²) in [7, 11) is 0. The van der Waals surface area contributed by atoms with E-state index in [2.05, 4.69) is 0 Å². The first kappa shape index (κ1) is 13.6. The van der Waals surface area contributed by atoms with Crippen molar-refractivity contribution >= 4 is 11.8 Å². The first-order valence-corrected chi connectivity index (χ1v) is 6.79. The Kier molecular flexibility index (Phi) is 4.20. The fraction of sp³-hybridized carbons (Fsp3) is 0.467. The van der Waals surface area contributed by atoms with Gasteiger partial charge < -0.3 is 10.6 Å². The lowest BCUT2D eigenvalue weighted by Crippen LogP contribution is -2.32. The highest BCUT2D eigenvalue weighted by atomic mass is 16.2. The summed E-state index contributed by atoms with van der Waals surface area (Å²) in [5, 5.41) is 0. The topological polar surface area (TPSA) is 63.4 Å². The molecule has 1 heterocycles. The van der Waals surface area contributed by atoms with Crippen LogP contribution < -0.4 is 5.73 Å². The molecule has 102 valence electrons. The van der Waals surface area contributed by atoms with Gasteiger partial charge >= 0.3 is 0 Å². The molecule has 1 aliphatic heterocycles. The van der Waals surface area contributed by atoms with Gasteiger partial charge in [0, 0.05) is 24.2 Å². The molecule has 0 unspecified atom stereocenters. The minimum Gasteiger partial charge on any atom is -0.366 e. The van der Waals surface area contributed by atoms with Crippen molar-refractivity contribution in [3.8, 4) is 0 Å². The number of aryl methyl sites for hydroxylation is 1. The molecule has 19 heavy (non-hydrogen) atoms. The third kappa shape index (κ3) is 3.13. The van der Waals surface area contributed by atoms with Crippen LogP contribution in [0.2, 0.25) is 0 Å². The Hall–Kier alpha value is -1.84. The molecule has 0 aromatic heterocycles. The number of rotatable bonds is 2. The van der Waals surface area contributed by atoms with Gasteiger partial charge in [0.1, 0.15) is 0 Å². The second kappa shape index (κ2) is 5.87. The van der Waals surface area contributed by atoms with Crippen LogP contribution in [-0.4, -0.2) is 29.8 Å². The Balaban J connectivity index is 2.20. The highest BCUT2D eigenvalue weighted by Crippen LogP contribution is 2.17. The molecule has 0 spiro atoms. The first-order valence-electron chi connectivity index (χ1n) is 6.79. The number of carbonyl (C=O) groups is 2. The van der Waals surface area contributed by atoms with E-state index in [-0.39, 0.29) is 5.91 Å². The Labute approximate surface area is 113 Å². The van der Waals surface area contributed by atoms with E-state index in [1.165, 1.54) is 12.8 Å². The molecule has 0 saturated carbocycles. The van der Waals surface area contributed by atoms with Crippen LogP contribution in [0.4, 0.5) is 0 Å². The summed E-state index contributed by atoms with van der Waals surface area (Å²) in [6.45, 7) is 3.50. The van der Waals surface area contributed by atoms with Crippen LogP contribution >= 0.6 is 0 Å². The van der Waals surface area contributed by atoms with Gasteiger partial charge in [-0.3, -0.25) is 9.59 Å². The Morgan fingerprint density at radius 3 is 2.26 bits per heavy atom. The minimum absolute atomic E-state index is 0.0652. The van der Waals surface area contributed by atoms with E-state index in [9.17, 15) is 9.59 Å². The van der Waals surface area contributed by atoms with Crippen molar-refractivity contribution in [3.05, 3.63) is 34.9 Å². The van der Waals surface area contributed by atoms with Gasteiger partial charge in [0.15, 0.2) is 0 Å². The lowest BCUT2D eigenvalue weighted by molar-refractivity contribution is 0.0760. The normalized spacial score (nSPS) is 15.9. The molecule has 1 fully saturated rings. The standard InChI is InChI=1S/C15H20N2O2/c1-11-10-12(14(16)18)6-7-13(11)15(19)17-8-4-2-3-5-9-17/h6-7,10H,2-5,8-9H2,1H3,(H2,16,18). The summed E-state index contributed by atoms with van der Waals surface area (Å²) < 4.78 is 0. The SMILES string of the molecule is Cc1cc(C(N)=O)ccc1C(=O)N1CCCCCC1. The molecule has 0 radical (unpaired) electrons. The molecule has 1 saturated heterocycles. The van der Waals surface area contributed by atoms with Crippen molar-refractivity contribution in [2.24, 2.45) is 5.73 Å². The van der Waals surface area contributed by atoms with Crippen LogP contribution in [0.1, 0.15) is 52.0 Å². The number of primary amides is 1. The van der Waals surface area contributed by atoms with Crippen molar-refractivity contribution < 1.29 is 9.59 Å². The zero-order valence-corrected chi connectivity index (χ0v) is 11.3. The van der Waals surface area contributed by atoms with Gasteiger partial charge in [-0.1, -0.05) is 12.8 Å². The minimum atomic E-state index is -0.461. The van der Waals surface area contributed by atoms with E-state index in [1.54, 1.807) is 18.2 Å². The van der Waals surface area contributed by atoms with Crippen molar-refractivity contribution in [1.82, 2.24) is 4.90 Å². The van der Waals surface area contributed by atoms with E-state index in [1.807, 2.05) is 11.8 Å². The highest BCUT2D eigenvalue weighted by Gasteiger charge is 2.19. The fourth-order valence-corrected chi connectivity index (χ4v) is 2.50. The summed E-state index contributed by atoms with van der Waals surface area (Å²) in [6.07, 6.45) is 4.54. The van der Waals surface area contributed by atoms with Crippen LogP contribution in [-0.2, 0) is 0 Å². The summed E-state index contributed by atoms with van der Waals surface area (Å²) in [5.41, 5.74) is 7.17. The van der Waals surface area contributed by atoms with Crippen LogP contribution in [0, 0.1) is 6.92 Å². The molecule has 4 heteroatoms. The van der Waals surface area contributed by atoms with Crippen molar-refractivity contribution in [2.45, 2.75) is 32.6 Å². The molecule has 0 atom stereocenters. The average molecular weight is 260 g/mol. The van der Waals surface area contributed by atoms with E-state index in [0.29, 0.717) is 11.1 Å². The number of likely N-dealkylation sites (tertiary alicyclic amines) is 1. The number of nitrogens with two attached hydrogens (primary N) is 1. The second-order valence-electron chi connectivity index (χ2n) is 5.10. The maximum absolute atomic E-state index is 12.5. The maximum atomic E-state index is 12.5. The maximum Gasteiger partial charge on any atom is 0.254 e. The number of carbonyl (C=O) groups excluding carboxylic acids is 2. The second-order valence-corrected chi connectivity index (χ2v) is 5.10. The smallest absolute Gasteiger partial charge is 0.254 e. The van der Waals surface area contributed by atoms with Crippen molar-refractivity contribution in [2.75, 3.05) is 13.1 Å². The molecule has 4 nitrogen and oxygen atoms in total. The van der Waals surface area contributed by atoms with Crippen LogP contribution in [0.3, 0.4) is 0 Å². The Morgan fingerprint density at radius 1 is 1.11 bits per heavy atom. The molecule has 1 aromatic rings. The summed E-state index contributed by atoms with van der Waals surface area (Å²) >= 11 is 0. The largest absolute Gasteiger partial charge is 0.366 e. The quantitative estimate of drug-likeness (QED) is 0.885. The van der Waals surface area contributed by atoms with Gasteiger partial charge in [0.05, 0.1) is 0 Å². The van der Waals surface area contributed by atoms with E-state index in [4.69, 9.17) is 5.73 Å². The summed E-state index contributed by atoms with van der Waals surface area (Å²) in [4.78, 5) is 25.5. The van der Waals surface area contributed by atoms with Crippen LogP contribution in [0.25, 0.3) is 0 Å². The van der Waals surface area contributed by atoms with Gasteiger partial charge in [-0.15, -0.1) is 0 Å². The molecule has 2 amide bonds. The molecule has 0 bridgehead atoms. The Bertz CT molecular complexity index is 489. The van der Waals surface area contributed by atoms with Crippen molar-refractivity contribution in [3.63, 3.8) is 0 Å². The third-order valence-corrected chi connectivity index (χ3v) is 3.63. The van der Waals surface area contributed by atoms with Gasteiger partial charge in [-0.25, -0.2) is 0 Å². The molecular formula is C15H20N2O2. The van der Waals surface area contributed by atoms with Gasteiger partial charge in [-0.05, 0) is 43.5 Å². The van der Waals surface area contributed by atoms with E-state index < -0.39 is 5.91 Å². The monoisotopic (exact) mass is 260 g/mol. The summed E-state index contributed by atoms with van der Waals surface area (Å²) in [5.74, 6) is -0.396. The average Bonchev–Trinajstić information content (AvgIpc) is 2.66. The van der Waals surface area contributed by atoms with Crippen molar-refractivity contribution in [1.29, 1.82) is 0 Å². The fourth-order valence-electron chi connectivity index (χ4n) is 2.50. The van der Waals surface area contributed by atoms with E-state index in [0.717, 1.165) is 31.5 Å². The zero-order chi connectivity index (χ0) is 13.8. The molecular weight excluding hydrogens is 240 g/mol. The predicted octanol–water partition coefficient (Wildman–Crippen LogP) is 2.11. The number of nitrogens with zero attached hydrogens (tertiary/aromatic N) is 1.